The van der Waals surface area contributed by atoms with Gasteiger partial charge in [0.1, 0.15) is 5.71 Å². The van der Waals surface area contributed by atoms with Crippen molar-refractivity contribution in [2.45, 2.75) is 13.0 Å². The average molecular weight is 297 g/mol. The van der Waals surface area contributed by atoms with E-state index >= 15 is 0 Å². The van der Waals surface area contributed by atoms with Gasteiger partial charge in [-0.1, -0.05) is 48.0 Å². The maximum absolute atomic E-state index is 11.3. The largest absolute Gasteiger partial charge is 0.398 e. The molecule has 0 aliphatic heterocycles. The van der Waals surface area contributed by atoms with Gasteiger partial charge in [-0.25, -0.2) is 0 Å². The van der Waals surface area contributed by atoms with Crippen LogP contribution >= 0.6 is 0 Å². The van der Waals surface area contributed by atoms with Crippen molar-refractivity contribution in [3.05, 3.63) is 65.2 Å². The Balaban J connectivity index is 2.23. The van der Waals surface area contributed by atoms with Gasteiger partial charge in [0, 0.05) is 11.3 Å². The summed E-state index contributed by atoms with van der Waals surface area (Å²) in [5.74, 6) is 0. The number of aldehydes is 1. The summed E-state index contributed by atoms with van der Waals surface area (Å²) < 4.78 is 0. The molecule has 0 fully saturated rings. The van der Waals surface area contributed by atoms with Crippen molar-refractivity contribution in [2.24, 2.45) is 5.10 Å². The van der Waals surface area contributed by atoms with Crippen molar-refractivity contribution < 1.29 is 9.90 Å². The highest BCUT2D eigenvalue weighted by molar-refractivity contribution is 6.37. The number of aliphatic hydroxyl groups excluding tert-OH is 1. The minimum Gasteiger partial charge on any atom is -0.398 e. The molecule has 0 amide bonds. The van der Waals surface area contributed by atoms with Gasteiger partial charge in [0.2, 0.25) is 0 Å². The Kier molecular flexibility index (Phi) is 5.27. The number of aryl methyl sites for hydroxylation is 1. The van der Waals surface area contributed by atoms with Crippen LogP contribution in [0.5, 0.6) is 0 Å². The van der Waals surface area contributed by atoms with Crippen LogP contribution in [0.15, 0.2) is 53.6 Å². The van der Waals surface area contributed by atoms with Gasteiger partial charge in [0.15, 0.2) is 6.29 Å². The molecule has 0 bridgehead atoms. The van der Waals surface area contributed by atoms with Crippen LogP contribution in [-0.2, 0) is 4.79 Å². The maximum atomic E-state index is 11.3. The molecule has 0 radical (unpaired) electrons. The van der Waals surface area contributed by atoms with Crippen molar-refractivity contribution in [2.75, 3.05) is 12.3 Å². The molecule has 1 atom stereocenters. The van der Waals surface area contributed by atoms with Crippen LogP contribution < -0.4 is 11.2 Å². The molecule has 1 unspecified atom stereocenters. The number of nitrogens with one attached hydrogen (secondary N) is 1. The highest BCUT2D eigenvalue weighted by atomic mass is 16.3. The molecule has 0 spiro atoms. The number of anilines is 1. The van der Waals surface area contributed by atoms with Gasteiger partial charge >= 0.3 is 0 Å². The van der Waals surface area contributed by atoms with Crippen molar-refractivity contribution >= 4 is 17.7 Å². The first-order chi connectivity index (χ1) is 10.7. The van der Waals surface area contributed by atoms with Crippen LogP contribution in [-0.4, -0.2) is 23.7 Å². The fourth-order valence-corrected chi connectivity index (χ4v) is 2.14. The van der Waals surface area contributed by atoms with Gasteiger partial charge in [0.25, 0.3) is 0 Å². The Hall–Kier alpha value is -2.66. The topological polar surface area (TPSA) is 87.7 Å². The van der Waals surface area contributed by atoms with E-state index in [1.165, 1.54) is 0 Å². The summed E-state index contributed by atoms with van der Waals surface area (Å²) in [5.41, 5.74) is 11.9. The Morgan fingerprint density at radius 3 is 2.73 bits per heavy atom. The number of nitrogen functional groups attached to an aromatic ring is 1. The molecule has 0 aromatic heterocycles. The smallest absolute Gasteiger partial charge is 0.170 e. The predicted molar refractivity (Wildman–Crippen MR) is 87.6 cm³/mol. The summed E-state index contributed by atoms with van der Waals surface area (Å²) >= 11 is 0. The lowest BCUT2D eigenvalue weighted by molar-refractivity contribution is -0.102. The van der Waals surface area contributed by atoms with Gasteiger partial charge in [0.05, 0.1) is 12.6 Å². The summed E-state index contributed by atoms with van der Waals surface area (Å²) in [5, 5.41) is 13.6. The molecule has 4 N–H and O–H groups in total. The van der Waals surface area contributed by atoms with Crippen LogP contribution in [0.2, 0.25) is 0 Å². The lowest BCUT2D eigenvalue weighted by atomic mass is 10.1. The monoisotopic (exact) mass is 297 g/mol. The number of carbonyl (C=O) groups excluding carboxylic acids is 1. The minimum absolute atomic E-state index is 0.136. The number of aliphatic hydroxyl groups is 1. The Morgan fingerprint density at radius 1 is 1.32 bits per heavy atom. The molecular weight excluding hydrogens is 278 g/mol. The Labute approximate surface area is 129 Å². The summed E-state index contributed by atoms with van der Waals surface area (Å²) in [6, 6.07) is 14.4. The van der Waals surface area contributed by atoms with Crippen LogP contribution in [0.25, 0.3) is 0 Å². The summed E-state index contributed by atoms with van der Waals surface area (Å²) in [6.45, 7) is 1.84. The number of nitrogens with zero attached hydrogens (tertiary/aromatic N) is 1. The Bertz CT molecular complexity index is 683. The van der Waals surface area contributed by atoms with E-state index < -0.39 is 0 Å². The SMILES string of the molecule is Cc1cccc(C(CO)N/N=C(\C=O)c2ccccc2N)c1. The number of nitrogens with two attached hydrogens (primary N) is 1. The average Bonchev–Trinajstić information content (AvgIpc) is 2.53. The number of hydrogen-bond acceptors (Lipinski definition) is 5. The molecule has 2 rings (SSSR count). The molecular formula is C17H19N3O2. The van der Waals surface area contributed by atoms with E-state index in [1.807, 2.05) is 31.2 Å². The molecule has 2 aromatic rings. The highest BCUT2D eigenvalue weighted by Crippen LogP contribution is 2.15. The fourth-order valence-electron chi connectivity index (χ4n) is 2.14. The van der Waals surface area contributed by atoms with Crippen molar-refractivity contribution in [1.82, 2.24) is 5.43 Å². The third kappa shape index (κ3) is 3.71. The molecule has 0 aliphatic rings. The second kappa shape index (κ2) is 7.38. The molecule has 0 aliphatic carbocycles. The number of hydrogen-bond donors (Lipinski definition) is 3. The van der Waals surface area contributed by atoms with Gasteiger partial charge in [-0.05, 0) is 18.6 Å². The van der Waals surface area contributed by atoms with E-state index in [0.29, 0.717) is 17.5 Å². The first kappa shape index (κ1) is 15.7. The van der Waals surface area contributed by atoms with E-state index in [0.717, 1.165) is 11.1 Å². The molecule has 0 saturated carbocycles. The fraction of sp³-hybridized carbons (Fsp3) is 0.176. The molecule has 0 heterocycles. The predicted octanol–water partition coefficient (Wildman–Crippen LogP) is 1.80. The Morgan fingerprint density at radius 2 is 2.09 bits per heavy atom. The number of hydrazone groups is 1. The van der Waals surface area contributed by atoms with E-state index in [2.05, 4.69) is 10.5 Å². The van der Waals surface area contributed by atoms with E-state index in [9.17, 15) is 9.90 Å². The second-order valence-electron chi connectivity index (χ2n) is 4.98. The van der Waals surface area contributed by atoms with Crippen LogP contribution in [0.3, 0.4) is 0 Å². The lowest BCUT2D eigenvalue weighted by Crippen LogP contribution is -2.22. The zero-order valence-electron chi connectivity index (χ0n) is 12.4. The third-order valence-corrected chi connectivity index (χ3v) is 3.32. The van der Waals surface area contributed by atoms with Gasteiger partial charge in [-0.2, -0.15) is 5.10 Å². The molecule has 22 heavy (non-hydrogen) atoms. The molecule has 2 aromatic carbocycles. The number of rotatable bonds is 6. The van der Waals surface area contributed by atoms with Crippen molar-refractivity contribution in [1.29, 1.82) is 0 Å². The number of carbonyl (C=O) groups is 1. The summed E-state index contributed by atoms with van der Waals surface area (Å²) in [6.07, 6.45) is 0.642. The maximum Gasteiger partial charge on any atom is 0.170 e. The molecule has 5 heteroatoms. The second-order valence-corrected chi connectivity index (χ2v) is 4.98. The zero-order chi connectivity index (χ0) is 15.9. The van der Waals surface area contributed by atoms with Crippen LogP contribution in [0, 0.1) is 6.92 Å². The van der Waals surface area contributed by atoms with Crippen molar-refractivity contribution in [3.63, 3.8) is 0 Å². The molecule has 114 valence electrons. The van der Waals surface area contributed by atoms with Crippen LogP contribution in [0.1, 0.15) is 22.7 Å². The van der Waals surface area contributed by atoms with Gasteiger partial charge < -0.3 is 10.8 Å². The highest BCUT2D eigenvalue weighted by Gasteiger charge is 2.11. The standard InChI is InChI=1S/C17H19N3O2/c1-12-5-4-6-13(9-12)16(10-21)19-20-17(11-22)14-7-2-3-8-15(14)18/h2-9,11,16,19,21H,10,18H2,1H3/b20-17+. The normalized spacial score (nSPS) is 12.7. The summed E-state index contributed by atoms with van der Waals surface area (Å²) in [4.78, 5) is 11.3. The number of benzene rings is 2. The van der Waals surface area contributed by atoms with E-state index in [-0.39, 0.29) is 18.4 Å². The lowest BCUT2D eigenvalue weighted by Gasteiger charge is -2.15. The third-order valence-electron chi connectivity index (χ3n) is 3.32. The zero-order valence-corrected chi connectivity index (χ0v) is 12.4. The number of para-hydroxylation sites is 1. The minimum atomic E-state index is -0.389. The van der Waals surface area contributed by atoms with Crippen LogP contribution in [0.4, 0.5) is 5.69 Å². The quantitative estimate of drug-likeness (QED) is 0.328. The van der Waals surface area contributed by atoms with E-state index in [4.69, 9.17) is 5.73 Å². The summed E-state index contributed by atoms with van der Waals surface area (Å²) in [7, 11) is 0. The van der Waals surface area contributed by atoms with Gasteiger partial charge in [-0.15, -0.1) is 0 Å². The molecule has 5 nitrogen and oxygen atoms in total. The first-order valence-electron chi connectivity index (χ1n) is 6.96. The van der Waals surface area contributed by atoms with E-state index in [1.54, 1.807) is 24.3 Å². The molecule has 0 saturated heterocycles. The van der Waals surface area contributed by atoms with Crippen molar-refractivity contribution in [3.8, 4) is 0 Å². The first-order valence-corrected chi connectivity index (χ1v) is 6.96. The van der Waals surface area contributed by atoms with Gasteiger partial charge in [-0.3, -0.25) is 10.2 Å².